The Morgan fingerprint density at radius 2 is 2.12 bits per heavy atom. The summed E-state index contributed by atoms with van der Waals surface area (Å²) in [6, 6.07) is 1.93. The molecule has 1 fully saturated rings. The average molecular weight is 478 g/mol. The largest absolute Gasteiger partial charge is 0.480 e. The number of carbonyl (C=O) groups excluding carboxylic acids is 1. The molecule has 1 aliphatic heterocycles. The maximum atomic E-state index is 12.7. The highest BCUT2D eigenvalue weighted by Crippen LogP contribution is 2.20. The van der Waals surface area contributed by atoms with E-state index in [1.807, 2.05) is 6.26 Å². The smallest absolute Gasteiger partial charge is 0.319 e. The summed E-state index contributed by atoms with van der Waals surface area (Å²) in [6.07, 6.45) is 6.22. The summed E-state index contributed by atoms with van der Waals surface area (Å²) in [7, 11) is 4.57. The number of aromatic nitrogens is 4. The Bertz CT molecular complexity index is 976. The van der Waals surface area contributed by atoms with Gasteiger partial charge >= 0.3 is 6.01 Å². The van der Waals surface area contributed by atoms with Gasteiger partial charge in [0.1, 0.15) is 12.7 Å². The van der Waals surface area contributed by atoms with E-state index in [2.05, 4.69) is 19.9 Å². The lowest BCUT2D eigenvalue weighted by Gasteiger charge is -2.32. The van der Waals surface area contributed by atoms with Crippen molar-refractivity contribution in [3.05, 3.63) is 29.6 Å². The first-order chi connectivity index (χ1) is 16.1. The van der Waals surface area contributed by atoms with Crippen molar-refractivity contribution in [2.75, 3.05) is 53.9 Å². The molecule has 12 heteroatoms. The van der Waals surface area contributed by atoms with E-state index >= 15 is 0 Å². The fraction of sp³-hybridized carbons (Fsp3) is 0.476. The van der Waals surface area contributed by atoms with Gasteiger partial charge < -0.3 is 28.6 Å². The number of rotatable bonds is 10. The van der Waals surface area contributed by atoms with Gasteiger partial charge in [-0.25, -0.2) is 9.97 Å². The maximum absolute atomic E-state index is 12.7. The monoisotopic (exact) mass is 477 g/mol. The van der Waals surface area contributed by atoms with Crippen molar-refractivity contribution in [2.24, 2.45) is 0 Å². The average Bonchev–Trinajstić information content (AvgIpc) is 2.86. The number of hydrogen-bond acceptors (Lipinski definition) is 11. The number of carbonyl (C=O) groups is 1. The Morgan fingerprint density at radius 1 is 1.27 bits per heavy atom. The van der Waals surface area contributed by atoms with Crippen molar-refractivity contribution in [1.82, 2.24) is 24.8 Å². The summed E-state index contributed by atoms with van der Waals surface area (Å²) in [5.41, 5.74) is 1.30. The Morgan fingerprint density at radius 3 is 2.85 bits per heavy atom. The Labute approximate surface area is 196 Å². The first-order valence-electron chi connectivity index (χ1n) is 10.1. The number of thioether (sulfide) groups is 1. The van der Waals surface area contributed by atoms with Crippen molar-refractivity contribution < 1.29 is 28.5 Å². The second kappa shape index (κ2) is 12.3. The minimum absolute atomic E-state index is 0.157. The van der Waals surface area contributed by atoms with Crippen LogP contribution in [0.3, 0.4) is 0 Å². The number of nitrogens with zero attached hydrogens (tertiary/aromatic N) is 5. The number of ether oxygens (including phenoxy) is 5. The minimum Gasteiger partial charge on any atom is -0.480 e. The molecule has 1 atom stereocenters. The summed E-state index contributed by atoms with van der Waals surface area (Å²) in [5.74, 6) is 0.608. The van der Waals surface area contributed by atoms with E-state index in [1.54, 1.807) is 24.2 Å². The lowest BCUT2D eigenvalue weighted by atomic mass is 10.2. The van der Waals surface area contributed by atoms with Crippen LogP contribution in [0.5, 0.6) is 17.8 Å². The van der Waals surface area contributed by atoms with Crippen molar-refractivity contribution in [1.29, 1.82) is 0 Å². The fourth-order valence-corrected chi connectivity index (χ4v) is 3.43. The predicted octanol–water partition coefficient (Wildman–Crippen LogP) is 1.47. The molecular formula is C21H27N5O6S. The predicted molar refractivity (Wildman–Crippen MR) is 121 cm³/mol. The lowest BCUT2D eigenvalue weighted by Crippen LogP contribution is -2.47. The summed E-state index contributed by atoms with van der Waals surface area (Å²) in [4.78, 5) is 31.3. The van der Waals surface area contributed by atoms with E-state index in [1.165, 1.54) is 38.3 Å². The highest BCUT2D eigenvalue weighted by atomic mass is 32.2. The molecule has 2 aromatic heterocycles. The second-order valence-corrected chi connectivity index (χ2v) is 7.63. The summed E-state index contributed by atoms with van der Waals surface area (Å²) >= 11 is 1.42. The highest BCUT2D eigenvalue weighted by molar-refractivity contribution is 7.98. The molecule has 0 aromatic carbocycles. The zero-order valence-electron chi connectivity index (χ0n) is 19.0. The van der Waals surface area contributed by atoms with Crippen LogP contribution in [-0.2, 0) is 20.9 Å². The zero-order valence-corrected chi connectivity index (χ0v) is 19.8. The van der Waals surface area contributed by atoms with Crippen LogP contribution in [0, 0.1) is 0 Å². The van der Waals surface area contributed by atoms with Gasteiger partial charge in [0.2, 0.25) is 17.7 Å². The first kappa shape index (κ1) is 24.7. The molecule has 1 aliphatic rings. The molecule has 3 heterocycles. The van der Waals surface area contributed by atoms with E-state index in [4.69, 9.17) is 23.7 Å². The molecule has 1 unspecified atom stereocenters. The molecular weight excluding hydrogens is 450 g/mol. The van der Waals surface area contributed by atoms with Crippen LogP contribution in [-0.4, -0.2) is 90.7 Å². The molecule has 1 amide bonds. The van der Waals surface area contributed by atoms with Crippen LogP contribution in [0.2, 0.25) is 0 Å². The van der Waals surface area contributed by atoms with E-state index in [0.29, 0.717) is 48.8 Å². The zero-order chi connectivity index (χ0) is 23.6. The van der Waals surface area contributed by atoms with Gasteiger partial charge in [0.25, 0.3) is 0 Å². The SMILES string of the molecule is COCc1cc(OCC2CN(C(=O)/C=C/c3cnc(OC)nc3OC)CCO2)nc(SC)n1. The Balaban J connectivity index is 1.58. The third-order valence-corrected chi connectivity index (χ3v) is 5.16. The number of morpholine rings is 1. The first-order valence-corrected chi connectivity index (χ1v) is 11.4. The fourth-order valence-electron chi connectivity index (χ4n) is 3.04. The molecule has 0 N–H and O–H groups in total. The summed E-state index contributed by atoms with van der Waals surface area (Å²) < 4.78 is 27.0. The molecule has 0 spiro atoms. The Hall–Kier alpha value is -2.96. The van der Waals surface area contributed by atoms with Crippen molar-refractivity contribution in [3.8, 4) is 17.8 Å². The van der Waals surface area contributed by atoms with Crippen LogP contribution >= 0.6 is 11.8 Å². The van der Waals surface area contributed by atoms with Crippen LogP contribution in [0.15, 0.2) is 23.5 Å². The molecule has 1 saturated heterocycles. The number of amides is 1. The van der Waals surface area contributed by atoms with Gasteiger partial charge in [0.15, 0.2) is 5.16 Å². The van der Waals surface area contributed by atoms with Gasteiger partial charge in [-0.2, -0.15) is 9.97 Å². The maximum Gasteiger partial charge on any atom is 0.319 e. The van der Waals surface area contributed by atoms with Gasteiger partial charge in [0.05, 0.1) is 45.2 Å². The molecule has 0 aliphatic carbocycles. The normalized spacial score (nSPS) is 16.1. The van der Waals surface area contributed by atoms with Crippen molar-refractivity contribution >= 4 is 23.7 Å². The summed E-state index contributed by atoms with van der Waals surface area (Å²) in [5, 5.41) is 0.601. The van der Waals surface area contributed by atoms with Crippen LogP contribution < -0.4 is 14.2 Å². The van der Waals surface area contributed by atoms with Gasteiger partial charge in [-0.1, -0.05) is 11.8 Å². The van der Waals surface area contributed by atoms with Gasteiger partial charge in [-0.15, -0.1) is 0 Å². The van der Waals surface area contributed by atoms with Crippen LogP contribution in [0.25, 0.3) is 6.08 Å². The standard InChI is InChI=1S/C21H27N5O6S/c1-28-12-15-9-17(24-21(23-15)33-4)32-13-16-11-26(7-8-31-16)18(27)6-5-14-10-22-20(30-3)25-19(14)29-2/h5-6,9-10,16H,7-8,11-13H2,1-4H3/b6-5+. The van der Waals surface area contributed by atoms with Crippen LogP contribution in [0.4, 0.5) is 0 Å². The van der Waals surface area contributed by atoms with E-state index in [9.17, 15) is 4.79 Å². The molecule has 11 nitrogen and oxygen atoms in total. The molecule has 33 heavy (non-hydrogen) atoms. The molecule has 178 valence electrons. The third kappa shape index (κ3) is 7.01. The van der Waals surface area contributed by atoms with E-state index in [-0.39, 0.29) is 24.6 Å². The third-order valence-electron chi connectivity index (χ3n) is 4.62. The number of hydrogen-bond donors (Lipinski definition) is 0. The minimum atomic E-state index is -0.284. The van der Waals surface area contributed by atoms with Crippen molar-refractivity contribution in [3.63, 3.8) is 0 Å². The molecule has 0 saturated carbocycles. The van der Waals surface area contributed by atoms with Crippen LogP contribution in [0.1, 0.15) is 11.3 Å². The van der Waals surface area contributed by atoms with Gasteiger partial charge in [-0.3, -0.25) is 4.79 Å². The molecule has 3 rings (SSSR count). The van der Waals surface area contributed by atoms with Crippen molar-refractivity contribution in [2.45, 2.75) is 17.9 Å². The molecule has 0 radical (unpaired) electrons. The second-order valence-electron chi connectivity index (χ2n) is 6.86. The van der Waals surface area contributed by atoms with E-state index in [0.717, 1.165) is 5.69 Å². The van der Waals surface area contributed by atoms with Gasteiger partial charge in [0, 0.05) is 32.0 Å². The quantitative estimate of drug-likeness (QED) is 0.281. The van der Waals surface area contributed by atoms with Gasteiger partial charge in [-0.05, 0) is 12.3 Å². The lowest BCUT2D eigenvalue weighted by molar-refractivity contribution is -0.134. The molecule has 2 aromatic rings. The highest BCUT2D eigenvalue weighted by Gasteiger charge is 2.24. The Kier molecular flexibility index (Phi) is 9.22. The van der Waals surface area contributed by atoms with E-state index < -0.39 is 0 Å². The summed E-state index contributed by atoms with van der Waals surface area (Å²) in [6.45, 7) is 1.91. The topological polar surface area (TPSA) is 118 Å². The molecule has 0 bridgehead atoms. The number of methoxy groups -OCH3 is 3.